The fraction of sp³-hybridized carbons (Fsp3) is 0.588. The van der Waals surface area contributed by atoms with Gasteiger partial charge in [-0.1, -0.05) is 0 Å². The SMILES string of the molecule is CCOc1ccc(NC(=O)CN2CCCC(CCN)C2)cc1. The molecule has 0 aromatic heterocycles. The van der Waals surface area contributed by atoms with Gasteiger partial charge in [-0.3, -0.25) is 9.69 Å². The summed E-state index contributed by atoms with van der Waals surface area (Å²) in [5.41, 5.74) is 6.44. The van der Waals surface area contributed by atoms with Crippen LogP contribution in [0.15, 0.2) is 24.3 Å². The van der Waals surface area contributed by atoms with Crippen LogP contribution in [0.4, 0.5) is 5.69 Å². The van der Waals surface area contributed by atoms with Crippen LogP contribution < -0.4 is 15.8 Å². The molecule has 1 aromatic carbocycles. The smallest absolute Gasteiger partial charge is 0.238 e. The van der Waals surface area contributed by atoms with Crippen LogP contribution in [0.5, 0.6) is 5.75 Å². The number of carbonyl (C=O) groups is 1. The van der Waals surface area contributed by atoms with Crippen molar-refractivity contribution in [1.29, 1.82) is 0 Å². The lowest BCUT2D eigenvalue weighted by Gasteiger charge is -2.32. The molecule has 1 amide bonds. The summed E-state index contributed by atoms with van der Waals surface area (Å²) in [7, 11) is 0. The van der Waals surface area contributed by atoms with E-state index in [2.05, 4.69) is 10.2 Å². The third kappa shape index (κ3) is 5.31. The van der Waals surface area contributed by atoms with Crippen molar-refractivity contribution in [3.05, 3.63) is 24.3 Å². The summed E-state index contributed by atoms with van der Waals surface area (Å²) in [6, 6.07) is 7.49. The zero-order valence-electron chi connectivity index (χ0n) is 13.4. The van der Waals surface area contributed by atoms with Gasteiger partial charge in [-0.25, -0.2) is 0 Å². The third-order valence-corrected chi connectivity index (χ3v) is 3.99. The fourth-order valence-corrected chi connectivity index (χ4v) is 2.97. The number of ether oxygens (including phenoxy) is 1. The number of rotatable bonds is 7. The van der Waals surface area contributed by atoms with Gasteiger partial charge in [0.05, 0.1) is 13.2 Å². The first-order chi connectivity index (χ1) is 10.7. The van der Waals surface area contributed by atoms with Crippen molar-refractivity contribution in [2.24, 2.45) is 11.7 Å². The van der Waals surface area contributed by atoms with E-state index in [0.717, 1.165) is 43.9 Å². The Morgan fingerprint density at radius 3 is 2.86 bits per heavy atom. The molecule has 2 rings (SSSR count). The predicted molar refractivity (Wildman–Crippen MR) is 89.1 cm³/mol. The van der Waals surface area contributed by atoms with Crippen molar-refractivity contribution in [3.8, 4) is 5.75 Å². The highest BCUT2D eigenvalue weighted by atomic mass is 16.5. The van der Waals surface area contributed by atoms with E-state index in [-0.39, 0.29) is 5.91 Å². The van der Waals surface area contributed by atoms with E-state index in [9.17, 15) is 4.79 Å². The molecule has 0 spiro atoms. The number of nitrogens with zero attached hydrogens (tertiary/aromatic N) is 1. The Labute approximate surface area is 132 Å². The van der Waals surface area contributed by atoms with Crippen molar-refractivity contribution in [2.75, 3.05) is 38.1 Å². The number of amides is 1. The molecule has 5 heteroatoms. The van der Waals surface area contributed by atoms with E-state index in [1.165, 1.54) is 6.42 Å². The molecule has 0 radical (unpaired) electrons. The van der Waals surface area contributed by atoms with E-state index in [1.54, 1.807) is 0 Å². The topological polar surface area (TPSA) is 67.6 Å². The Morgan fingerprint density at radius 2 is 2.18 bits per heavy atom. The highest BCUT2D eigenvalue weighted by Gasteiger charge is 2.20. The van der Waals surface area contributed by atoms with Gasteiger partial charge in [-0.05, 0) is 69.5 Å². The van der Waals surface area contributed by atoms with Gasteiger partial charge >= 0.3 is 0 Å². The second kappa shape index (κ2) is 8.76. The number of benzene rings is 1. The molecule has 1 atom stereocenters. The molecule has 1 aliphatic heterocycles. The first-order valence-corrected chi connectivity index (χ1v) is 8.16. The van der Waals surface area contributed by atoms with Crippen molar-refractivity contribution < 1.29 is 9.53 Å². The molecule has 1 fully saturated rings. The molecule has 1 unspecified atom stereocenters. The third-order valence-electron chi connectivity index (χ3n) is 3.99. The monoisotopic (exact) mass is 305 g/mol. The summed E-state index contributed by atoms with van der Waals surface area (Å²) >= 11 is 0. The molecule has 1 heterocycles. The van der Waals surface area contributed by atoms with Crippen LogP contribution in [0, 0.1) is 5.92 Å². The van der Waals surface area contributed by atoms with Crippen LogP contribution in [-0.4, -0.2) is 43.6 Å². The fourth-order valence-electron chi connectivity index (χ4n) is 2.97. The Balaban J connectivity index is 1.79. The lowest BCUT2D eigenvalue weighted by Crippen LogP contribution is -2.40. The number of hydrogen-bond acceptors (Lipinski definition) is 4. The van der Waals surface area contributed by atoms with Crippen molar-refractivity contribution >= 4 is 11.6 Å². The molecule has 0 bridgehead atoms. The van der Waals surface area contributed by atoms with Gasteiger partial charge < -0.3 is 15.8 Å². The van der Waals surface area contributed by atoms with Crippen LogP contribution in [0.2, 0.25) is 0 Å². The van der Waals surface area contributed by atoms with Gasteiger partial charge in [0.25, 0.3) is 0 Å². The maximum atomic E-state index is 12.1. The second-order valence-corrected chi connectivity index (χ2v) is 5.83. The van der Waals surface area contributed by atoms with Gasteiger partial charge in [-0.15, -0.1) is 0 Å². The highest BCUT2D eigenvalue weighted by Crippen LogP contribution is 2.19. The predicted octanol–water partition coefficient (Wildman–Crippen LogP) is 2.08. The molecule has 3 N–H and O–H groups in total. The zero-order valence-corrected chi connectivity index (χ0v) is 13.4. The summed E-state index contributed by atoms with van der Waals surface area (Å²) in [5.74, 6) is 1.50. The number of anilines is 1. The zero-order chi connectivity index (χ0) is 15.8. The first kappa shape index (κ1) is 16.8. The average Bonchev–Trinajstić information content (AvgIpc) is 2.50. The standard InChI is InChI=1S/C17H27N3O2/c1-2-22-16-7-5-15(6-8-16)19-17(21)13-20-11-3-4-14(12-20)9-10-18/h5-8,14H,2-4,9-13,18H2,1H3,(H,19,21). The Morgan fingerprint density at radius 1 is 1.41 bits per heavy atom. The van der Waals surface area contributed by atoms with Gasteiger partial charge in [0.1, 0.15) is 5.75 Å². The Bertz CT molecular complexity index is 459. The quantitative estimate of drug-likeness (QED) is 0.809. The lowest BCUT2D eigenvalue weighted by atomic mass is 9.95. The molecule has 1 aromatic rings. The summed E-state index contributed by atoms with van der Waals surface area (Å²) in [6.45, 7) is 5.76. The van der Waals surface area contributed by atoms with E-state index < -0.39 is 0 Å². The molecule has 22 heavy (non-hydrogen) atoms. The van der Waals surface area contributed by atoms with Gasteiger partial charge in [0.15, 0.2) is 0 Å². The van der Waals surface area contributed by atoms with Crippen LogP contribution >= 0.6 is 0 Å². The number of nitrogens with two attached hydrogens (primary N) is 1. The van der Waals surface area contributed by atoms with Gasteiger partial charge in [0, 0.05) is 12.2 Å². The number of carbonyl (C=O) groups excluding carboxylic acids is 1. The Hall–Kier alpha value is -1.59. The Kier molecular flexibility index (Phi) is 6.68. The number of likely N-dealkylation sites (tertiary alicyclic amines) is 1. The summed E-state index contributed by atoms with van der Waals surface area (Å²) in [4.78, 5) is 14.4. The molecule has 1 saturated heterocycles. The van der Waals surface area contributed by atoms with E-state index in [1.807, 2.05) is 31.2 Å². The normalized spacial score (nSPS) is 18.9. The van der Waals surface area contributed by atoms with Crippen LogP contribution in [0.25, 0.3) is 0 Å². The minimum absolute atomic E-state index is 0.0394. The average molecular weight is 305 g/mol. The first-order valence-electron chi connectivity index (χ1n) is 8.16. The summed E-state index contributed by atoms with van der Waals surface area (Å²) in [5, 5.41) is 2.94. The molecule has 5 nitrogen and oxygen atoms in total. The van der Waals surface area contributed by atoms with E-state index in [0.29, 0.717) is 19.1 Å². The second-order valence-electron chi connectivity index (χ2n) is 5.83. The number of nitrogens with one attached hydrogen (secondary N) is 1. The van der Waals surface area contributed by atoms with Crippen LogP contribution in [0.3, 0.4) is 0 Å². The van der Waals surface area contributed by atoms with Gasteiger partial charge in [-0.2, -0.15) is 0 Å². The lowest BCUT2D eigenvalue weighted by molar-refractivity contribution is -0.117. The summed E-state index contributed by atoms with van der Waals surface area (Å²) in [6.07, 6.45) is 3.44. The number of piperidine rings is 1. The van der Waals surface area contributed by atoms with Crippen molar-refractivity contribution in [3.63, 3.8) is 0 Å². The minimum atomic E-state index is 0.0394. The molecule has 0 aliphatic carbocycles. The van der Waals surface area contributed by atoms with Crippen molar-refractivity contribution in [1.82, 2.24) is 4.90 Å². The number of hydrogen-bond donors (Lipinski definition) is 2. The summed E-state index contributed by atoms with van der Waals surface area (Å²) < 4.78 is 5.39. The molecular weight excluding hydrogens is 278 g/mol. The maximum absolute atomic E-state index is 12.1. The van der Waals surface area contributed by atoms with Gasteiger partial charge in [0.2, 0.25) is 5.91 Å². The molecular formula is C17H27N3O2. The van der Waals surface area contributed by atoms with Crippen LogP contribution in [0.1, 0.15) is 26.2 Å². The largest absolute Gasteiger partial charge is 0.494 e. The van der Waals surface area contributed by atoms with E-state index in [4.69, 9.17) is 10.5 Å². The van der Waals surface area contributed by atoms with Crippen LogP contribution in [-0.2, 0) is 4.79 Å². The minimum Gasteiger partial charge on any atom is -0.494 e. The molecule has 122 valence electrons. The van der Waals surface area contributed by atoms with E-state index >= 15 is 0 Å². The van der Waals surface area contributed by atoms with Crippen molar-refractivity contribution in [2.45, 2.75) is 26.2 Å². The maximum Gasteiger partial charge on any atom is 0.238 e. The molecule has 1 aliphatic rings. The molecule has 0 saturated carbocycles. The highest BCUT2D eigenvalue weighted by molar-refractivity contribution is 5.92.